The highest BCUT2D eigenvalue weighted by atomic mass is 32.2. The Hall–Kier alpha value is -1.02. The maximum atomic E-state index is 13.4. The molecule has 102 valence electrons. The van der Waals surface area contributed by atoms with Gasteiger partial charge < -0.3 is 9.47 Å². The Morgan fingerprint density at radius 3 is 2.56 bits per heavy atom. The summed E-state index contributed by atoms with van der Waals surface area (Å²) in [5.41, 5.74) is 0. The molecule has 0 aliphatic carbocycles. The third-order valence-electron chi connectivity index (χ3n) is 2.31. The highest BCUT2D eigenvalue weighted by Gasteiger charge is 2.19. The Bertz CT molecular complexity index is 478. The fourth-order valence-corrected chi connectivity index (χ4v) is 2.48. The van der Waals surface area contributed by atoms with Gasteiger partial charge in [0.25, 0.3) is 0 Å². The lowest BCUT2D eigenvalue weighted by Crippen LogP contribution is -2.35. The number of rotatable bonds is 7. The van der Waals surface area contributed by atoms with Gasteiger partial charge in [-0.05, 0) is 12.1 Å². The molecule has 18 heavy (non-hydrogen) atoms. The van der Waals surface area contributed by atoms with Gasteiger partial charge in [0.1, 0.15) is 10.7 Å². The van der Waals surface area contributed by atoms with E-state index in [4.69, 9.17) is 9.47 Å². The van der Waals surface area contributed by atoms with Crippen LogP contribution in [0.5, 0.6) is 0 Å². The van der Waals surface area contributed by atoms with E-state index in [1.807, 2.05) is 0 Å². The number of methoxy groups -OCH3 is 2. The average Bonchev–Trinajstić information content (AvgIpc) is 2.34. The van der Waals surface area contributed by atoms with Gasteiger partial charge in [-0.3, -0.25) is 0 Å². The zero-order valence-electron chi connectivity index (χ0n) is 10.2. The van der Waals surface area contributed by atoms with E-state index in [1.165, 1.54) is 32.4 Å². The number of hydrogen-bond donors (Lipinski definition) is 1. The van der Waals surface area contributed by atoms with E-state index in [2.05, 4.69) is 4.72 Å². The molecule has 0 spiro atoms. The third kappa shape index (κ3) is 4.02. The van der Waals surface area contributed by atoms with Crippen molar-refractivity contribution in [2.45, 2.75) is 11.0 Å². The van der Waals surface area contributed by atoms with Crippen LogP contribution in [0.3, 0.4) is 0 Å². The van der Waals surface area contributed by atoms with E-state index in [0.717, 1.165) is 6.07 Å². The quantitative estimate of drug-likeness (QED) is 0.799. The van der Waals surface area contributed by atoms with Gasteiger partial charge >= 0.3 is 0 Å². The summed E-state index contributed by atoms with van der Waals surface area (Å²) in [5, 5.41) is 0. The van der Waals surface area contributed by atoms with E-state index >= 15 is 0 Å². The van der Waals surface area contributed by atoms with E-state index in [0.29, 0.717) is 0 Å². The second kappa shape index (κ2) is 6.79. The van der Waals surface area contributed by atoms with Crippen LogP contribution >= 0.6 is 0 Å². The van der Waals surface area contributed by atoms with Crippen LogP contribution in [-0.4, -0.2) is 41.9 Å². The van der Waals surface area contributed by atoms with Gasteiger partial charge in [-0.1, -0.05) is 12.1 Å². The Balaban J connectivity index is 2.74. The first-order valence-corrected chi connectivity index (χ1v) is 6.75. The highest BCUT2D eigenvalue weighted by molar-refractivity contribution is 7.89. The fraction of sp³-hybridized carbons (Fsp3) is 0.455. The van der Waals surface area contributed by atoms with Crippen molar-refractivity contribution >= 4 is 10.0 Å². The van der Waals surface area contributed by atoms with Crippen molar-refractivity contribution in [3.63, 3.8) is 0 Å². The smallest absolute Gasteiger partial charge is 0.243 e. The van der Waals surface area contributed by atoms with Crippen molar-refractivity contribution in [1.29, 1.82) is 0 Å². The van der Waals surface area contributed by atoms with Crippen LogP contribution in [-0.2, 0) is 19.5 Å². The molecule has 1 aromatic rings. The van der Waals surface area contributed by atoms with Crippen LogP contribution in [0.4, 0.5) is 4.39 Å². The molecule has 0 aliphatic heterocycles. The number of nitrogens with one attached hydrogen (secondary N) is 1. The van der Waals surface area contributed by atoms with Gasteiger partial charge in [0, 0.05) is 20.8 Å². The predicted octanol–water partition coefficient (Wildman–Crippen LogP) is 0.765. The van der Waals surface area contributed by atoms with Crippen LogP contribution < -0.4 is 4.72 Å². The van der Waals surface area contributed by atoms with Gasteiger partial charge in [-0.2, -0.15) is 0 Å². The number of ether oxygens (including phenoxy) is 2. The fourth-order valence-electron chi connectivity index (χ4n) is 1.34. The molecule has 0 radical (unpaired) electrons. The second-order valence-electron chi connectivity index (χ2n) is 3.60. The van der Waals surface area contributed by atoms with Gasteiger partial charge in [0.15, 0.2) is 0 Å². The first-order chi connectivity index (χ1) is 8.51. The number of sulfonamides is 1. The standard InChI is InChI=1S/C11H16FNO4S/c1-16-8-9(17-2)7-13-18(14,15)11-6-4-3-5-10(11)12/h3-6,9,13H,7-8H2,1-2H3. The molecule has 1 rings (SSSR count). The minimum atomic E-state index is -3.87. The minimum Gasteiger partial charge on any atom is -0.382 e. The lowest BCUT2D eigenvalue weighted by atomic mass is 10.3. The number of hydrogen-bond acceptors (Lipinski definition) is 4. The largest absolute Gasteiger partial charge is 0.382 e. The number of benzene rings is 1. The maximum Gasteiger partial charge on any atom is 0.243 e. The van der Waals surface area contributed by atoms with Crippen LogP contribution in [0.15, 0.2) is 29.2 Å². The second-order valence-corrected chi connectivity index (χ2v) is 5.33. The molecule has 0 heterocycles. The summed E-state index contributed by atoms with van der Waals surface area (Å²) in [6.07, 6.45) is -0.420. The Labute approximate surface area is 106 Å². The van der Waals surface area contributed by atoms with Crippen molar-refractivity contribution in [3.8, 4) is 0 Å². The topological polar surface area (TPSA) is 64.6 Å². The van der Waals surface area contributed by atoms with Crippen LogP contribution in [0.2, 0.25) is 0 Å². The lowest BCUT2D eigenvalue weighted by Gasteiger charge is -2.15. The molecule has 1 unspecified atom stereocenters. The monoisotopic (exact) mass is 277 g/mol. The molecule has 7 heteroatoms. The van der Waals surface area contributed by atoms with Crippen molar-refractivity contribution in [2.24, 2.45) is 0 Å². The summed E-state index contributed by atoms with van der Waals surface area (Å²) >= 11 is 0. The van der Waals surface area contributed by atoms with Gasteiger partial charge in [0.2, 0.25) is 10.0 Å². The van der Waals surface area contributed by atoms with Gasteiger partial charge in [-0.25, -0.2) is 17.5 Å². The normalized spacial score (nSPS) is 13.5. The molecule has 0 saturated heterocycles. The highest BCUT2D eigenvalue weighted by Crippen LogP contribution is 2.12. The molecule has 0 aliphatic rings. The third-order valence-corrected chi connectivity index (χ3v) is 3.77. The summed E-state index contributed by atoms with van der Waals surface area (Å²) < 4.78 is 49.2. The van der Waals surface area contributed by atoms with E-state index < -0.39 is 21.9 Å². The average molecular weight is 277 g/mol. The Morgan fingerprint density at radius 2 is 2.00 bits per heavy atom. The molecule has 1 N–H and O–H groups in total. The van der Waals surface area contributed by atoms with Crippen molar-refractivity contribution in [1.82, 2.24) is 4.72 Å². The molecule has 0 aromatic heterocycles. The molecule has 0 bridgehead atoms. The minimum absolute atomic E-state index is 0.0149. The van der Waals surface area contributed by atoms with E-state index in [-0.39, 0.29) is 18.0 Å². The Kier molecular flexibility index (Phi) is 5.67. The molecule has 1 atom stereocenters. The number of halogens is 1. The van der Waals surface area contributed by atoms with Crippen molar-refractivity contribution in [3.05, 3.63) is 30.1 Å². The van der Waals surface area contributed by atoms with Gasteiger partial charge in [0.05, 0.1) is 12.7 Å². The van der Waals surface area contributed by atoms with Gasteiger partial charge in [-0.15, -0.1) is 0 Å². The van der Waals surface area contributed by atoms with Crippen molar-refractivity contribution < 1.29 is 22.3 Å². The van der Waals surface area contributed by atoms with Crippen LogP contribution in [0.25, 0.3) is 0 Å². The van der Waals surface area contributed by atoms with E-state index in [1.54, 1.807) is 0 Å². The summed E-state index contributed by atoms with van der Waals surface area (Å²) in [4.78, 5) is -0.378. The first-order valence-electron chi connectivity index (χ1n) is 5.27. The first kappa shape index (κ1) is 15.0. The molecule has 5 nitrogen and oxygen atoms in total. The summed E-state index contributed by atoms with van der Waals surface area (Å²) in [6, 6.07) is 5.19. The summed E-state index contributed by atoms with van der Waals surface area (Å²) in [7, 11) is -0.946. The molecule has 0 amide bonds. The van der Waals surface area contributed by atoms with Crippen molar-refractivity contribution in [2.75, 3.05) is 27.4 Å². The van der Waals surface area contributed by atoms with E-state index in [9.17, 15) is 12.8 Å². The molecular weight excluding hydrogens is 261 g/mol. The Morgan fingerprint density at radius 1 is 1.33 bits per heavy atom. The maximum absolute atomic E-state index is 13.4. The molecule has 0 fully saturated rings. The summed E-state index contributed by atoms with van der Waals surface area (Å²) in [5.74, 6) is -0.786. The van der Waals surface area contributed by atoms with Crippen LogP contribution in [0, 0.1) is 5.82 Å². The van der Waals surface area contributed by atoms with Crippen LogP contribution in [0.1, 0.15) is 0 Å². The zero-order valence-corrected chi connectivity index (χ0v) is 11.0. The predicted molar refractivity (Wildman–Crippen MR) is 64.3 cm³/mol. The SMILES string of the molecule is COCC(CNS(=O)(=O)c1ccccc1F)OC. The molecular formula is C11H16FNO4S. The summed E-state index contributed by atoms with van der Waals surface area (Å²) in [6.45, 7) is 0.261. The lowest BCUT2D eigenvalue weighted by molar-refractivity contribution is 0.0320. The zero-order chi connectivity index (χ0) is 13.6. The molecule has 1 aromatic carbocycles. The molecule has 0 saturated carbocycles.